The molecule has 0 radical (unpaired) electrons. The molecule has 2 saturated heterocycles. The lowest BCUT2D eigenvalue weighted by Crippen LogP contribution is -2.24. The molecule has 0 spiro atoms. The second kappa shape index (κ2) is 4.10. The molecule has 2 aliphatic heterocycles. The van der Waals surface area contributed by atoms with Crippen molar-refractivity contribution < 1.29 is 0 Å². The summed E-state index contributed by atoms with van der Waals surface area (Å²) in [7, 11) is 0. The summed E-state index contributed by atoms with van der Waals surface area (Å²) < 4.78 is 0. The number of piperidine rings is 1. The lowest BCUT2D eigenvalue weighted by Gasteiger charge is -2.25. The highest BCUT2D eigenvalue weighted by Gasteiger charge is 2.44. The molecule has 2 aromatic heterocycles. The average molecular weight is 252 g/mol. The summed E-state index contributed by atoms with van der Waals surface area (Å²) in [5.41, 5.74) is 3.70. The van der Waals surface area contributed by atoms with Crippen LogP contribution in [-0.2, 0) is 5.41 Å². The molecule has 4 heteroatoms. The van der Waals surface area contributed by atoms with Gasteiger partial charge in [0, 0.05) is 36.1 Å². The maximum Gasteiger partial charge on any atom is 0.115 e. The zero-order valence-corrected chi connectivity index (χ0v) is 10.8. The molecule has 96 valence electrons. The molecule has 2 aromatic rings. The van der Waals surface area contributed by atoms with Gasteiger partial charge in [-0.15, -0.1) is 0 Å². The first kappa shape index (κ1) is 11.1. The van der Waals surface area contributed by atoms with Crippen LogP contribution in [-0.4, -0.2) is 39.5 Å². The first-order valence-corrected chi connectivity index (χ1v) is 6.80. The van der Waals surface area contributed by atoms with Crippen LogP contribution in [0.4, 0.5) is 0 Å². The molecule has 0 saturated carbocycles. The van der Waals surface area contributed by atoms with Crippen LogP contribution in [0.2, 0.25) is 0 Å². The number of hydrogen-bond donors (Lipinski definition) is 0. The van der Waals surface area contributed by atoms with Gasteiger partial charge in [0.05, 0.1) is 5.69 Å². The zero-order chi connectivity index (χ0) is 12.7. The quantitative estimate of drug-likeness (QED) is 0.818. The van der Waals surface area contributed by atoms with E-state index in [2.05, 4.69) is 38.2 Å². The summed E-state index contributed by atoms with van der Waals surface area (Å²) in [5, 5.41) is 0. The average Bonchev–Trinajstić information content (AvgIpc) is 3.10. The van der Waals surface area contributed by atoms with E-state index in [1.807, 2.05) is 0 Å². The minimum atomic E-state index is 0.374. The van der Waals surface area contributed by atoms with Crippen molar-refractivity contribution in [2.24, 2.45) is 0 Å². The molecule has 2 aliphatic rings. The van der Waals surface area contributed by atoms with Crippen molar-refractivity contribution in [3.05, 3.63) is 42.6 Å². The van der Waals surface area contributed by atoms with Gasteiger partial charge in [-0.3, -0.25) is 4.98 Å². The van der Waals surface area contributed by atoms with E-state index in [-0.39, 0.29) is 0 Å². The highest BCUT2D eigenvalue weighted by molar-refractivity contribution is 5.56. The maximum absolute atomic E-state index is 4.61. The van der Waals surface area contributed by atoms with Crippen molar-refractivity contribution in [2.45, 2.75) is 18.3 Å². The number of nitrogens with zero attached hydrogens (tertiary/aromatic N) is 4. The number of fused-ring (bicyclic) bond motifs is 2. The van der Waals surface area contributed by atoms with Crippen LogP contribution in [0.5, 0.6) is 0 Å². The Bertz CT molecular complexity index is 571. The van der Waals surface area contributed by atoms with Crippen molar-refractivity contribution in [3.63, 3.8) is 0 Å². The Morgan fingerprint density at radius 2 is 1.79 bits per heavy atom. The Labute approximate surface area is 112 Å². The molecule has 19 heavy (non-hydrogen) atoms. The fourth-order valence-electron chi connectivity index (χ4n) is 3.41. The first-order chi connectivity index (χ1) is 9.36. The largest absolute Gasteiger partial charge is 0.302 e. The van der Waals surface area contributed by atoms with E-state index in [0.717, 1.165) is 11.3 Å². The third-order valence-corrected chi connectivity index (χ3v) is 4.57. The number of pyridine rings is 1. The van der Waals surface area contributed by atoms with Gasteiger partial charge in [-0.05, 0) is 37.6 Å². The molecular formula is C15H16N4. The first-order valence-electron chi connectivity index (χ1n) is 6.80. The Morgan fingerprint density at radius 3 is 2.37 bits per heavy atom. The molecule has 0 unspecified atom stereocenters. The van der Waals surface area contributed by atoms with Gasteiger partial charge in [0.2, 0.25) is 0 Å². The van der Waals surface area contributed by atoms with Crippen LogP contribution in [0.1, 0.15) is 18.4 Å². The van der Waals surface area contributed by atoms with Crippen LogP contribution < -0.4 is 0 Å². The highest BCUT2D eigenvalue weighted by atomic mass is 15.2. The fraction of sp³-hybridized carbons (Fsp3) is 0.400. The molecule has 2 fully saturated rings. The monoisotopic (exact) mass is 252 g/mol. The molecule has 4 nitrogen and oxygen atoms in total. The number of aromatic nitrogens is 3. The third kappa shape index (κ3) is 1.75. The van der Waals surface area contributed by atoms with Gasteiger partial charge in [0.1, 0.15) is 6.33 Å². The van der Waals surface area contributed by atoms with Crippen LogP contribution in [0.25, 0.3) is 11.3 Å². The van der Waals surface area contributed by atoms with Crippen LogP contribution in [0, 0.1) is 0 Å². The standard InChI is InChI=1S/C15H16N4/c1-2-14(12-7-16-11-17-8-12)18-9-13(1)15-3-5-19(10-15)6-4-15/h1-2,7-9,11H,3-6,10H2. The Hall–Kier alpha value is -1.81. The molecule has 0 atom stereocenters. The lowest BCUT2D eigenvalue weighted by atomic mass is 9.78. The third-order valence-electron chi connectivity index (χ3n) is 4.57. The fourth-order valence-corrected chi connectivity index (χ4v) is 3.41. The Balaban J connectivity index is 1.67. The van der Waals surface area contributed by atoms with Gasteiger partial charge < -0.3 is 4.90 Å². The lowest BCUT2D eigenvalue weighted by molar-refractivity contribution is 0.364. The van der Waals surface area contributed by atoms with Crippen LogP contribution >= 0.6 is 0 Å². The summed E-state index contributed by atoms with van der Waals surface area (Å²) >= 11 is 0. The van der Waals surface area contributed by atoms with E-state index in [0.29, 0.717) is 5.41 Å². The predicted molar refractivity (Wildman–Crippen MR) is 72.6 cm³/mol. The van der Waals surface area contributed by atoms with Gasteiger partial charge in [0.25, 0.3) is 0 Å². The molecule has 2 bridgehead atoms. The zero-order valence-electron chi connectivity index (χ0n) is 10.8. The van der Waals surface area contributed by atoms with Gasteiger partial charge in [-0.2, -0.15) is 0 Å². The highest BCUT2D eigenvalue weighted by Crippen LogP contribution is 2.42. The minimum absolute atomic E-state index is 0.374. The summed E-state index contributed by atoms with van der Waals surface area (Å²) in [6.45, 7) is 3.70. The van der Waals surface area contributed by atoms with E-state index in [9.17, 15) is 0 Å². The van der Waals surface area contributed by atoms with Crippen molar-refractivity contribution in [3.8, 4) is 11.3 Å². The van der Waals surface area contributed by atoms with E-state index in [4.69, 9.17) is 0 Å². The van der Waals surface area contributed by atoms with Crippen LogP contribution in [0.3, 0.4) is 0 Å². The molecule has 0 aliphatic carbocycles. The van der Waals surface area contributed by atoms with Crippen molar-refractivity contribution in [1.82, 2.24) is 19.9 Å². The topological polar surface area (TPSA) is 41.9 Å². The molecule has 0 amide bonds. The Morgan fingerprint density at radius 1 is 1.00 bits per heavy atom. The minimum Gasteiger partial charge on any atom is -0.302 e. The number of hydrogen-bond acceptors (Lipinski definition) is 4. The molecule has 0 N–H and O–H groups in total. The van der Waals surface area contributed by atoms with E-state index in [1.54, 1.807) is 18.7 Å². The SMILES string of the molecule is c1ncc(-c2ccc(C34CCN(CC3)C4)cn2)cn1. The van der Waals surface area contributed by atoms with Crippen molar-refractivity contribution >= 4 is 0 Å². The van der Waals surface area contributed by atoms with Gasteiger partial charge >= 0.3 is 0 Å². The molecule has 4 heterocycles. The molecule has 4 rings (SSSR count). The normalized spacial score (nSPS) is 28.7. The van der Waals surface area contributed by atoms with Gasteiger partial charge in [0.15, 0.2) is 0 Å². The van der Waals surface area contributed by atoms with E-state index < -0.39 is 0 Å². The van der Waals surface area contributed by atoms with Crippen molar-refractivity contribution in [2.75, 3.05) is 19.6 Å². The summed E-state index contributed by atoms with van der Waals surface area (Å²) in [6, 6.07) is 4.34. The van der Waals surface area contributed by atoms with Gasteiger partial charge in [-0.25, -0.2) is 9.97 Å². The smallest absolute Gasteiger partial charge is 0.115 e. The molecular weight excluding hydrogens is 236 g/mol. The maximum atomic E-state index is 4.61. The van der Waals surface area contributed by atoms with Crippen LogP contribution in [0.15, 0.2) is 37.1 Å². The second-order valence-electron chi connectivity index (χ2n) is 5.62. The molecule has 0 aromatic carbocycles. The van der Waals surface area contributed by atoms with E-state index in [1.165, 1.54) is 38.0 Å². The summed E-state index contributed by atoms with van der Waals surface area (Å²) in [4.78, 5) is 15.2. The van der Waals surface area contributed by atoms with Gasteiger partial charge in [-0.1, -0.05) is 6.07 Å². The Kier molecular flexibility index (Phi) is 2.38. The van der Waals surface area contributed by atoms with E-state index >= 15 is 0 Å². The predicted octanol–water partition coefficient (Wildman–Crippen LogP) is 1.89. The second-order valence-corrected chi connectivity index (χ2v) is 5.62. The van der Waals surface area contributed by atoms with Crippen molar-refractivity contribution in [1.29, 1.82) is 0 Å². The number of rotatable bonds is 2. The summed E-state index contributed by atoms with van der Waals surface area (Å²) in [5.74, 6) is 0. The summed E-state index contributed by atoms with van der Waals surface area (Å²) in [6.07, 6.45) is 9.77.